The predicted molar refractivity (Wildman–Crippen MR) is 59.1 cm³/mol. The molecule has 5 nitrogen and oxygen atoms in total. The smallest absolute Gasteiger partial charge is 0.105 e. The van der Waals surface area contributed by atoms with Crippen molar-refractivity contribution in [3.05, 3.63) is 11.4 Å². The number of fused-ring (bicyclic) bond motifs is 1. The van der Waals surface area contributed by atoms with Crippen LogP contribution in [0.4, 0.5) is 0 Å². The topological polar surface area (TPSA) is 52.0 Å². The molecule has 1 aromatic heterocycles. The zero-order chi connectivity index (χ0) is 11.0. The zero-order valence-electron chi connectivity index (χ0n) is 9.65. The van der Waals surface area contributed by atoms with Gasteiger partial charge in [0.25, 0.3) is 0 Å². The third kappa shape index (κ3) is 1.85. The maximum Gasteiger partial charge on any atom is 0.105 e. The normalized spacial score (nSPS) is 24.4. The molecule has 2 aliphatic rings. The molecule has 0 aromatic carbocycles. The standard InChI is InChI=1S/C11H18N4O/c1-16-7-9-11-10(4-5-12-9)15(14-13-11)6-8-2-3-8/h8-9,12H,2-7H2,1H3/t9-/m0/s1. The summed E-state index contributed by atoms with van der Waals surface area (Å²) in [7, 11) is 1.73. The van der Waals surface area contributed by atoms with Crippen LogP contribution in [-0.4, -0.2) is 35.3 Å². The van der Waals surface area contributed by atoms with E-state index >= 15 is 0 Å². The number of methoxy groups -OCH3 is 1. The fraction of sp³-hybridized carbons (Fsp3) is 0.818. The van der Waals surface area contributed by atoms with Crippen LogP contribution in [0.25, 0.3) is 0 Å². The maximum absolute atomic E-state index is 5.20. The summed E-state index contributed by atoms with van der Waals surface area (Å²) < 4.78 is 7.31. The lowest BCUT2D eigenvalue weighted by atomic mass is 10.1. The second-order valence-electron chi connectivity index (χ2n) is 4.76. The summed E-state index contributed by atoms with van der Waals surface area (Å²) in [5.41, 5.74) is 2.40. The minimum Gasteiger partial charge on any atom is -0.383 e. The maximum atomic E-state index is 5.20. The van der Waals surface area contributed by atoms with Gasteiger partial charge in [0.2, 0.25) is 0 Å². The third-order valence-corrected chi connectivity index (χ3v) is 3.41. The summed E-state index contributed by atoms with van der Waals surface area (Å²) in [6.07, 6.45) is 3.75. The molecule has 1 aliphatic heterocycles. The number of hydrogen-bond donors (Lipinski definition) is 1. The van der Waals surface area contributed by atoms with Crippen molar-refractivity contribution in [3.63, 3.8) is 0 Å². The highest BCUT2D eigenvalue weighted by molar-refractivity contribution is 5.18. The Morgan fingerprint density at radius 2 is 2.38 bits per heavy atom. The molecule has 1 saturated carbocycles. The Morgan fingerprint density at radius 1 is 1.50 bits per heavy atom. The highest BCUT2D eigenvalue weighted by atomic mass is 16.5. The summed E-state index contributed by atoms with van der Waals surface area (Å²) in [5.74, 6) is 0.849. The predicted octanol–water partition coefficient (Wildman–Crippen LogP) is 0.521. The van der Waals surface area contributed by atoms with Gasteiger partial charge in [-0.3, -0.25) is 0 Å². The monoisotopic (exact) mass is 222 g/mol. The molecule has 0 radical (unpaired) electrons. The van der Waals surface area contributed by atoms with Crippen LogP contribution in [0, 0.1) is 5.92 Å². The van der Waals surface area contributed by atoms with Crippen molar-refractivity contribution in [3.8, 4) is 0 Å². The molecule has 1 N–H and O–H groups in total. The highest BCUT2D eigenvalue weighted by Gasteiger charge is 2.28. The Morgan fingerprint density at radius 3 is 3.12 bits per heavy atom. The van der Waals surface area contributed by atoms with Crippen molar-refractivity contribution in [2.24, 2.45) is 5.92 Å². The third-order valence-electron chi connectivity index (χ3n) is 3.41. The van der Waals surface area contributed by atoms with Crippen molar-refractivity contribution < 1.29 is 4.74 Å². The van der Waals surface area contributed by atoms with Gasteiger partial charge in [-0.15, -0.1) is 5.10 Å². The number of ether oxygens (including phenoxy) is 1. The van der Waals surface area contributed by atoms with Crippen LogP contribution in [0.1, 0.15) is 30.3 Å². The average molecular weight is 222 g/mol. The number of nitrogens with zero attached hydrogens (tertiary/aromatic N) is 3. The van der Waals surface area contributed by atoms with E-state index in [1.165, 1.54) is 18.5 Å². The molecule has 0 saturated heterocycles. The van der Waals surface area contributed by atoms with E-state index in [9.17, 15) is 0 Å². The van der Waals surface area contributed by atoms with E-state index in [0.717, 1.165) is 31.1 Å². The Hall–Kier alpha value is -0.940. The number of rotatable bonds is 4. The lowest BCUT2D eigenvalue weighted by molar-refractivity contribution is 0.162. The zero-order valence-corrected chi connectivity index (χ0v) is 9.65. The van der Waals surface area contributed by atoms with Crippen LogP contribution in [0.2, 0.25) is 0 Å². The van der Waals surface area contributed by atoms with Gasteiger partial charge < -0.3 is 10.1 Å². The summed E-state index contributed by atoms with van der Waals surface area (Å²) in [5, 5.41) is 12.0. The van der Waals surface area contributed by atoms with Gasteiger partial charge in [-0.1, -0.05) is 5.21 Å². The van der Waals surface area contributed by atoms with Crippen molar-refractivity contribution in [1.82, 2.24) is 20.3 Å². The molecule has 0 amide bonds. The summed E-state index contributed by atoms with van der Waals surface area (Å²) in [4.78, 5) is 0. The number of hydrogen-bond acceptors (Lipinski definition) is 4. The number of aromatic nitrogens is 3. The minimum atomic E-state index is 0.224. The Labute approximate surface area is 95.2 Å². The van der Waals surface area contributed by atoms with Crippen LogP contribution in [0.3, 0.4) is 0 Å². The summed E-state index contributed by atoms with van der Waals surface area (Å²) in [6.45, 7) is 2.73. The summed E-state index contributed by atoms with van der Waals surface area (Å²) >= 11 is 0. The van der Waals surface area contributed by atoms with Gasteiger partial charge >= 0.3 is 0 Å². The second-order valence-corrected chi connectivity index (χ2v) is 4.76. The molecule has 2 heterocycles. The lowest BCUT2D eigenvalue weighted by Gasteiger charge is -2.22. The van der Waals surface area contributed by atoms with Crippen LogP contribution in [0.5, 0.6) is 0 Å². The van der Waals surface area contributed by atoms with Gasteiger partial charge in [0.05, 0.1) is 18.3 Å². The van der Waals surface area contributed by atoms with Crippen LogP contribution >= 0.6 is 0 Å². The van der Waals surface area contributed by atoms with E-state index in [4.69, 9.17) is 4.74 Å². The van der Waals surface area contributed by atoms with Crippen molar-refractivity contribution in [1.29, 1.82) is 0 Å². The van der Waals surface area contributed by atoms with E-state index < -0.39 is 0 Å². The largest absolute Gasteiger partial charge is 0.383 e. The van der Waals surface area contributed by atoms with E-state index in [2.05, 4.69) is 20.3 Å². The van der Waals surface area contributed by atoms with Crippen molar-refractivity contribution in [2.45, 2.75) is 31.8 Å². The first-order chi connectivity index (χ1) is 7.88. The molecule has 3 rings (SSSR count). The number of nitrogens with one attached hydrogen (secondary N) is 1. The van der Waals surface area contributed by atoms with Gasteiger partial charge in [-0.2, -0.15) is 0 Å². The molecule has 5 heteroatoms. The highest BCUT2D eigenvalue weighted by Crippen LogP contribution is 2.31. The fourth-order valence-corrected chi connectivity index (χ4v) is 2.33. The molecule has 0 spiro atoms. The average Bonchev–Trinajstić information content (AvgIpc) is 3.01. The first kappa shape index (κ1) is 10.2. The van der Waals surface area contributed by atoms with Crippen molar-refractivity contribution in [2.75, 3.05) is 20.3 Å². The van der Waals surface area contributed by atoms with Crippen LogP contribution in [-0.2, 0) is 17.7 Å². The van der Waals surface area contributed by atoms with Crippen LogP contribution < -0.4 is 5.32 Å². The lowest BCUT2D eigenvalue weighted by Crippen LogP contribution is -2.33. The molecular weight excluding hydrogens is 204 g/mol. The fourth-order valence-electron chi connectivity index (χ4n) is 2.33. The van der Waals surface area contributed by atoms with Gasteiger partial charge in [-0.05, 0) is 18.8 Å². The first-order valence-electron chi connectivity index (χ1n) is 6.03. The molecule has 88 valence electrons. The molecule has 0 unspecified atom stereocenters. The van der Waals surface area contributed by atoms with Gasteiger partial charge in [0.15, 0.2) is 0 Å². The van der Waals surface area contributed by atoms with Crippen LogP contribution in [0.15, 0.2) is 0 Å². The minimum absolute atomic E-state index is 0.224. The van der Waals surface area contributed by atoms with Gasteiger partial charge in [-0.25, -0.2) is 4.68 Å². The summed E-state index contributed by atoms with van der Waals surface area (Å²) in [6, 6.07) is 0.224. The van der Waals surface area contributed by atoms with Gasteiger partial charge in [0.1, 0.15) is 5.69 Å². The molecule has 1 aromatic rings. The molecule has 1 fully saturated rings. The van der Waals surface area contributed by atoms with Crippen molar-refractivity contribution >= 4 is 0 Å². The van der Waals surface area contributed by atoms with E-state index in [-0.39, 0.29) is 6.04 Å². The Bertz CT molecular complexity index is 372. The van der Waals surface area contributed by atoms with E-state index in [1.807, 2.05) is 0 Å². The second kappa shape index (κ2) is 4.14. The van der Waals surface area contributed by atoms with Gasteiger partial charge in [0, 0.05) is 26.6 Å². The molecule has 16 heavy (non-hydrogen) atoms. The molecular formula is C11H18N4O. The first-order valence-corrected chi connectivity index (χ1v) is 6.03. The van der Waals surface area contributed by atoms with E-state index in [1.54, 1.807) is 7.11 Å². The Kier molecular flexibility index (Phi) is 2.65. The Balaban J connectivity index is 1.82. The molecule has 1 aliphatic carbocycles. The molecule has 1 atom stereocenters. The van der Waals surface area contributed by atoms with E-state index in [0.29, 0.717) is 6.61 Å². The quantitative estimate of drug-likeness (QED) is 0.807. The SMILES string of the molecule is COC[C@@H]1NCCc2c1nnn2CC1CC1. The molecule has 0 bridgehead atoms.